The van der Waals surface area contributed by atoms with Crippen LogP contribution in [0.1, 0.15) is 40.4 Å². The molecule has 0 spiro atoms. The summed E-state index contributed by atoms with van der Waals surface area (Å²) in [5, 5.41) is 9.54. The Labute approximate surface area is 227 Å². The van der Waals surface area contributed by atoms with Gasteiger partial charge in [0.1, 0.15) is 11.3 Å². The van der Waals surface area contributed by atoms with E-state index in [0.29, 0.717) is 37.1 Å². The lowest BCUT2D eigenvalue weighted by Crippen LogP contribution is -2.32. The molecule has 3 aromatic rings. The number of carbonyl (C=O) groups is 3. The van der Waals surface area contributed by atoms with E-state index in [1.165, 1.54) is 18.2 Å². The van der Waals surface area contributed by atoms with Crippen molar-refractivity contribution < 1.29 is 33.4 Å². The molecule has 3 aliphatic rings. The number of carbonyl (C=O) groups excluding carboxylic acids is 2. The van der Waals surface area contributed by atoms with Gasteiger partial charge in [-0.05, 0) is 55.0 Å². The summed E-state index contributed by atoms with van der Waals surface area (Å²) in [6, 6.07) is 6.68. The van der Waals surface area contributed by atoms with E-state index >= 15 is 4.39 Å². The average Bonchev–Trinajstić information content (AvgIpc) is 3.72. The Kier molecular flexibility index (Phi) is 6.12. The van der Waals surface area contributed by atoms with E-state index in [-0.39, 0.29) is 29.4 Å². The molecule has 3 N–H and O–H groups in total. The average molecular weight is 551 g/mol. The molecule has 1 aliphatic carbocycles. The van der Waals surface area contributed by atoms with Crippen molar-refractivity contribution in [2.75, 3.05) is 36.5 Å². The van der Waals surface area contributed by atoms with E-state index in [0.717, 1.165) is 30.0 Å². The van der Waals surface area contributed by atoms with Crippen LogP contribution >= 0.6 is 0 Å². The minimum atomic E-state index is -1.36. The Balaban J connectivity index is 1.36. The maximum atomic E-state index is 15.8. The van der Waals surface area contributed by atoms with Crippen molar-refractivity contribution in [1.82, 2.24) is 4.57 Å². The zero-order valence-corrected chi connectivity index (χ0v) is 21.7. The Morgan fingerprint density at radius 1 is 1.12 bits per heavy atom. The molecule has 1 saturated heterocycles. The first-order valence-corrected chi connectivity index (χ1v) is 13.0. The second-order valence-corrected chi connectivity index (χ2v) is 10.3. The number of pyridine rings is 1. The highest BCUT2D eigenvalue weighted by molar-refractivity contribution is 5.97. The lowest BCUT2D eigenvalue weighted by Gasteiger charge is -2.27. The number of nitrogens with two attached hydrogens (primary N) is 1. The summed E-state index contributed by atoms with van der Waals surface area (Å²) in [6.45, 7) is 0.914. The fraction of sp³-hybridized carbons (Fsp3) is 0.357. The maximum absolute atomic E-state index is 15.8. The van der Waals surface area contributed by atoms with Gasteiger partial charge in [0, 0.05) is 31.0 Å². The van der Waals surface area contributed by atoms with Crippen LogP contribution in [0.2, 0.25) is 0 Å². The summed E-state index contributed by atoms with van der Waals surface area (Å²) in [7, 11) is 1.41. The van der Waals surface area contributed by atoms with Gasteiger partial charge in [-0.2, -0.15) is 0 Å². The number of rotatable bonds is 6. The van der Waals surface area contributed by atoms with Crippen molar-refractivity contribution in [3.8, 4) is 5.75 Å². The number of aromatic carboxylic acids is 1. The summed E-state index contributed by atoms with van der Waals surface area (Å²) >= 11 is 0. The third-order valence-electron chi connectivity index (χ3n) is 7.82. The van der Waals surface area contributed by atoms with E-state index in [1.54, 1.807) is 10.6 Å². The van der Waals surface area contributed by atoms with Gasteiger partial charge in [-0.3, -0.25) is 14.5 Å². The molecule has 2 aliphatic heterocycles. The van der Waals surface area contributed by atoms with Gasteiger partial charge >= 0.3 is 12.1 Å². The van der Waals surface area contributed by atoms with Crippen molar-refractivity contribution >= 4 is 40.2 Å². The van der Waals surface area contributed by atoms with Crippen LogP contribution in [0, 0.1) is 5.82 Å². The molecule has 0 unspecified atom stereocenters. The first kappa shape index (κ1) is 25.7. The molecule has 3 heterocycles. The topological polar surface area (TPSA) is 144 Å². The normalized spacial score (nSPS) is 18.9. The van der Waals surface area contributed by atoms with E-state index in [4.69, 9.17) is 15.2 Å². The number of methoxy groups -OCH3 is 1. The number of benzene rings is 2. The van der Waals surface area contributed by atoms with Crippen LogP contribution in [0.3, 0.4) is 0 Å². The number of fused-ring (bicyclic) bond motifs is 2. The summed E-state index contributed by atoms with van der Waals surface area (Å²) in [5.41, 5.74) is 7.33. The summed E-state index contributed by atoms with van der Waals surface area (Å²) in [6.07, 6.45) is 2.43. The van der Waals surface area contributed by atoms with Gasteiger partial charge in [-0.15, -0.1) is 0 Å². The molecule has 2 amide bonds. The second kappa shape index (κ2) is 9.54. The summed E-state index contributed by atoms with van der Waals surface area (Å²) < 4.78 is 28.3. The van der Waals surface area contributed by atoms with Crippen LogP contribution in [0.4, 0.5) is 20.6 Å². The van der Waals surface area contributed by atoms with Crippen LogP contribution in [-0.2, 0) is 22.4 Å². The molecule has 40 heavy (non-hydrogen) atoms. The third-order valence-corrected chi connectivity index (χ3v) is 7.82. The number of carboxylic acids is 1. The SMILES string of the molecule is COc1c(N2CCc3ccc(N4C[C@H](C(N)=O)OC4=O)cc3CC2)c(F)cc2c(=O)c(C(=O)O)cn(C3CC3)c12. The van der Waals surface area contributed by atoms with Gasteiger partial charge < -0.3 is 29.8 Å². The number of halogens is 1. The zero-order valence-electron chi connectivity index (χ0n) is 21.7. The Hall–Kier alpha value is -4.61. The molecule has 2 fully saturated rings. The van der Waals surface area contributed by atoms with Gasteiger partial charge in [0.05, 0.1) is 24.6 Å². The zero-order chi connectivity index (χ0) is 28.3. The fourth-order valence-corrected chi connectivity index (χ4v) is 5.65. The molecule has 1 saturated carbocycles. The monoisotopic (exact) mass is 550 g/mol. The lowest BCUT2D eigenvalue weighted by molar-refractivity contribution is -0.124. The number of aromatic nitrogens is 1. The molecule has 1 aromatic heterocycles. The predicted octanol–water partition coefficient (Wildman–Crippen LogP) is 2.60. The highest BCUT2D eigenvalue weighted by Gasteiger charge is 2.36. The van der Waals surface area contributed by atoms with Gasteiger partial charge in [0.2, 0.25) is 5.43 Å². The molecule has 0 bridgehead atoms. The van der Waals surface area contributed by atoms with Crippen molar-refractivity contribution in [2.24, 2.45) is 5.73 Å². The van der Waals surface area contributed by atoms with Crippen LogP contribution < -0.4 is 25.7 Å². The van der Waals surface area contributed by atoms with E-state index in [2.05, 4.69) is 0 Å². The van der Waals surface area contributed by atoms with Crippen LogP contribution in [0.5, 0.6) is 5.75 Å². The number of hydrogen-bond acceptors (Lipinski definition) is 7. The highest BCUT2D eigenvalue weighted by atomic mass is 19.1. The number of hydrogen-bond donors (Lipinski definition) is 2. The number of cyclic esters (lactones) is 1. The molecular formula is C28H27FN4O7. The van der Waals surface area contributed by atoms with Crippen molar-refractivity contribution in [3.05, 3.63) is 63.2 Å². The molecule has 208 valence electrons. The standard InChI is InChI=1S/C28H27FN4O7/c1-39-25-22-18(24(34)19(27(36)37)12-32(22)16-4-5-16)11-20(29)23(25)31-8-6-14-2-3-17(10-15(14)7-9-31)33-13-21(26(30)35)40-28(33)38/h2-3,10-12,16,21H,4-9,13H2,1H3,(H2,30,35)(H,36,37)/t21-/m1/s1. The molecule has 11 nitrogen and oxygen atoms in total. The molecule has 6 rings (SSSR count). The maximum Gasteiger partial charge on any atom is 0.415 e. The van der Waals surface area contributed by atoms with Crippen molar-refractivity contribution in [3.63, 3.8) is 0 Å². The van der Waals surface area contributed by atoms with Crippen LogP contribution in [0.15, 0.2) is 35.3 Å². The first-order chi connectivity index (χ1) is 19.2. The first-order valence-electron chi connectivity index (χ1n) is 13.0. The highest BCUT2D eigenvalue weighted by Crippen LogP contribution is 2.44. The summed E-state index contributed by atoms with van der Waals surface area (Å²) in [5.74, 6) is -2.55. The van der Waals surface area contributed by atoms with E-state index in [1.807, 2.05) is 17.0 Å². The van der Waals surface area contributed by atoms with Gasteiger partial charge in [-0.25, -0.2) is 14.0 Å². The molecule has 1 atom stereocenters. The lowest BCUT2D eigenvalue weighted by atomic mass is 10.0. The Morgan fingerprint density at radius 2 is 1.85 bits per heavy atom. The Bertz CT molecular complexity index is 1650. The van der Waals surface area contributed by atoms with E-state index < -0.39 is 40.9 Å². The number of ether oxygens (including phenoxy) is 2. The quantitative estimate of drug-likeness (QED) is 0.477. The minimum absolute atomic E-state index is 0.00617. The summed E-state index contributed by atoms with van der Waals surface area (Å²) in [4.78, 5) is 51.8. The number of nitrogens with zero attached hydrogens (tertiary/aromatic N) is 3. The third kappa shape index (κ3) is 4.19. The van der Waals surface area contributed by atoms with Crippen LogP contribution in [-0.4, -0.2) is 60.5 Å². The Morgan fingerprint density at radius 3 is 2.48 bits per heavy atom. The van der Waals surface area contributed by atoms with Crippen LogP contribution in [0.25, 0.3) is 10.9 Å². The smallest absolute Gasteiger partial charge is 0.415 e. The van der Waals surface area contributed by atoms with Gasteiger partial charge in [0.15, 0.2) is 17.7 Å². The molecule has 2 aromatic carbocycles. The number of primary amides is 1. The molecule has 12 heteroatoms. The van der Waals surface area contributed by atoms with Gasteiger partial charge in [-0.1, -0.05) is 6.07 Å². The molecular weight excluding hydrogens is 523 g/mol. The minimum Gasteiger partial charge on any atom is -0.492 e. The van der Waals surface area contributed by atoms with Crippen molar-refractivity contribution in [1.29, 1.82) is 0 Å². The number of anilines is 2. The van der Waals surface area contributed by atoms with Crippen molar-refractivity contribution in [2.45, 2.75) is 37.8 Å². The van der Waals surface area contributed by atoms with E-state index in [9.17, 15) is 24.3 Å². The number of carboxylic acid groups (broad SMARTS) is 1. The fourth-order valence-electron chi connectivity index (χ4n) is 5.65. The largest absolute Gasteiger partial charge is 0.492 e. The van der Waals surface area contributed by atoms with Gasteiger partial charge in [0.25, 0.3) is 5.91 Å². The number of amides is 2. The second-order valence-electron chi connectivity index (χ2n) is 10.3. The predicted molar refractivity (Wildman–Crippen MR) is 143 cm³/mol. The molecule has 0 radical (unpaired) electrons.